The maximum absolute atomic E-state index is 6.85. The van der Waals surface area contributed by atoms with E-state index in [9.17, 15) is 0 Å². The summed E-state index contributed by atoms with van der Waals surface area (Å²) in [5, 5.41) is 5.92. The molecule has 0 atom stereocenters. The summed E-state index contributed by atoms with van der Waals surface area (Å²) in [6, 6.07) is 58.1. The van der Waals surface area contributed by atoms with Crippen molar-refractivity contribution < 1.29 is 4.74 Å². The lowest BCUT2D eigenvalue weighted by Gasteiger charge is -2.18. The molecule has 5 nitrogen and oxygen atoms in total. The number of hydrogen-bond acceptors (Lipinski definition) is 3. The highest BCUT2D eigenvalue weighted by Crippen LogP contribution is 2.43. The van der Waals surface area contributed by atoms with Gasteiger partial charge in [0.1, 0.15) is 12.4 Å². The Balaban J connectivity index is 1.21. The number of aromatic nitrogens is 4. The standard InChI is InChI=1S/C55H40N4O/c1-3-16-47-41(4-2)53(39-19-6-5-7-20-39)57-55(56-47)59-50-34-30-36-17-8-10-21-42(36)52(50)46-35-60-51-26-15-9-18-38(51)29-33-43(54(46)59)37-27-31-40(32-28-37)58-48-24-13-11-22-44(48)45-23-12-14-25-49(45)58/h3-28,30-34H,2,29,35H2,1H3/b16-3-,43-33-. The van der Waals surface area contributed by atoms with Gasteiger partial charge in [-0.05, 0) is 77.7 Å². The van der Waals surface area contributed by atoms with E-state index in [0.717, 1.165) is 83.6 Å². The zero-order valence-corrected chi connectivity index (χ0v) is 33.2. The van der Waals surface area contributed by atoms with Crippen LogP contribution in [-0.4, -0.2) is 19.1 Å². The van der Waals surface area contributed by atoms with Crippen molar-refractivity contribution in [2.24, 2.45) is 0 Å². The molecule has 0 saturated carbocycles. The van der Waals surface area contributed by atoms with Crippen LogP contribution in [0.25, 0.3) is 84.1 Å². The van der Waals surface area contributed by atoms with Gasteiger partial charge in [-0.1, -0.05) is 152 Å². The van der Waals surface area contributed by atoms with Crippen molar-refractivity contribution in [2.75, 3.05) is 0 Å². The number of allylic oxidation sites excluding steroid dienone is 2. The average Bonchev–Trinajstić information content (AvgIpc) is 3.84. The maximum Gasteiger partial charge on any atom is 0.235 e. The molecule has 60 heavy (non-hydrogen) atoms. The van der Waals surface area contributed by atoms with Crippen molar-refractivity contribution >= 4 is 61.2 Å². The molecule has 4 heterocycles. The van der Waals surface area contributed by atoms with Gasteiger partial charge in [-0.2, -0.15) is 0 Å². The highest BCUT2D eigenvalue weighted by molar-refractivity contribution is 6.12. The smallest absolute Gasteiger partial charge is 0.235 e. The molecule has 1 aliphatic rings. The fourth-order valence-electron chi connectivity index (χ4n) is 9.16. The second-order valence-corrected chi connectivity index (χ2v) is 15.2. The van der Waals surface area contributed by atoms with Crippen LogP contribution in [0.3, 0.4) is 0 Å². The summed E-state index contributed by atoms with van der Waals surface area (Å²) in [6.45, 7) is 6.60. The predicted molar refractivity (Wildman–Crippen MR) is 249 cm³/mol. The van der Waals surface area contributed by atoms with Crippen LogP contribution in [0, 0.1) is 0 Å². The molecule has 10 aromatic rings. The van der Waals surface area contributed by atoms with Crippen LogP contribution in [0.1, 0.15) is 40.6 Å². The summed E-state index contributed by atoms with van der Waals surface area (Å²) in [6.07, 6.45) is 8.99. The first-order valence-electron chi connectivity index (χ1n) is 20.5. The quantitative estimate of drug-likeness (QED) is 0.169. The summed E-state index contributed by atoms with van der Waals surface area (Å²) in [5.41, 5.74) is 13.4. The van der Waals surface area contributed by atoms with E-state index >= 15 is 0 Å². The summed E-state index contributed by atoms with van der Waals surface area (Å²) >= 11 is 0. The highest BCUT2D eigenvalue weighted by atomic mass is 16.5. The van der Waals surface area contributed by atoms with Crippen LogP contribution in [0.15, 0.2) is 183 Å². The fraction of sp³-hybridized carbons (Fsp3) is 0.0545. The lowest BCUT2D eigenvalue weighted by Crippen LogP contribution is -2.10. The van der Waals surface area contributed by atoms with Crippen molar-refractivity contribution in [3.05, 3.63) is 216 Å². The monoisotopic (exact) mass is 772 g/mol. The molecule has 0 saturated heterocycles. The van der Waals surface area contributed by atoms with E-state index in [0.29, 0.717) is 19.0 Å². The lowest BCUT2D eigenvalue weighted by molar-refractivity contribution is 0.305. The van der Waals surface area contributed by atoms with Gasteiger partial charge in [-0.3, -0.25) is 4.57 Å². The van der Waals surface area contributed by atoms with E-state index in [1.165, 1.54) is 21.8 Å². The minimum absolute atomic E-state index is 0.360. The minimum atomic E-state index is 0.360. The number of rotatable bonds is 6. The van der Waals surface area contributed by atoms with E-state index in [1.807, 2.05) is 43.4 Å². The van der Waals surface area contributed by atoms with Crippen molar-refractivity contribution in [1.82, 2.24) is 19.1 Å². The molecular formula is C55H40N4O. The summed E-state index contributed by atoms with van der Waals surface area (Å²) in [5.74, 6) is 1.47. The first kappa shape index (κ1) is 35.4. The zero-order chi connectivity index (χ0) is 40.2. The third-order valence-electron chi connectivity index (χ3n) is 11.8. The van der Waals surface area contributed by atoms with Gasteiger partial charge in [0.25, 0.3) is 0 Å². The van der Waals surface area contributed by atoms with Gasteiger partial charge in [0.2, 0.25) is 5.95 Å². The predicted octanol–water partition coefficient (Wildman–Crippen LogP) is 13.6. The fourth-order valence-corrected chi connectivity index (χ4v) is 9.16. The van der Waals surface area contributed by atoms with Gasteiger partial charge >= 0.3 is 0 Å². The Labute approximate surface area is 348 Å². The first-order chi connectivity index (χ1) is 29.7. The number of para-hydroxylation sites is 3. The molecule has 0 N–H and O–H groups in total. The molecule has 0 radical (unpaired) electrons. The van der Waals surface area contributed by atoms with E-state index in [4.69, 9.17) is 14.7 Å². The van der Waals surface area contributed by atoms with Crippen molar-refractivity contribution in [2.45, 2.75) is 20.0 Å². The van der Waals surface area contributed by atoms with Crippen LogP contribution in [-0.2, 0) is 13.0 Å². The van der Waals surface area contributed by atoms with E-state index < -0.39 is 0 Å². The second-order valence-electron chi connectivity index (χ2n) is 15.2. The highest BCUT2D eigenvalue weighted by Gasteiger charge is 2.28. The average molecular weight is 773 g/mol. The molecule has 1 aliphatic heterocycles. The number of fused-ring (bicyclic) bond motifs is 9. The molecule has 0 unspecified atom stereocenters. The van der Waals surface area contributed by atoms with Crippen molar-refractivity contribution in [3.63, 3.8) is 0 Å². The van der Waals surface area contributed by atoms with Crippen LogP contribution < -0.4 is 4.74 Å². The number of hydrogen-bond donors (Lipinski definition) is 0. The number of nitrogens with zero attached hydrogens (tertiary/aromatic N) is 4. The molecule has 0 amide bonds. The molecular weight excluding hydrogens is 733 g/mol. The summed E-state index contributed by atoms with van der Waals surface area (Å²) < 4.78 is 11.5. The van der Waals surface area contributed by atoms with Crippen LogP contribution >= 0.6 is 0 Å². The molecule has 7 aromatic carbocycles. The van der Waals surface area contributed by atoms with E-state index in [2.05, 4.69) is 167 Å². The topological polar surface area (TPSA) is 44.9 Å². The first-order valence-corrected chi connectivity index (χ1v) is 20.5. The van der Waals surface area contributed by atoms with Crippen LogP contribution in [0.5, 0.6) is 5.75 Å². The van der Waals surface area contributed by atoms with Crippen LogP contribution in [0.4, 0.5) is 0 Å². The Hall–Kier alpha value is -7.76. The lowest BCUT2D eigenvalue weighted by atomic mass is 9.95. The molecule has 0 bridgehead atoms. The van der Waals surface area contributed by atoms with Crippen LogP contribution in [0.2, 0.25) is 0 Å². The largest absolute Gasteiger partial charge is 0.489 e. The zero-order valence-electron chi connectivity index (χ0n) is 33.2. The maximum atomic E-state index is 6.85. The van der Waals surface area contributed by atoms with Gasteiger partial charge in [0.15, 0.2) is 0 Å². The number of benzene rings is 7. The Morgan fingerprint density at radius 2 is 1.30 bits per heavy atom. The van der Waals surface area contributed by atoms with Crippen molar-refractivity contribution in [1.29, 1.82) is 0 Å². The minimum Gasteiger partial charge on any atom is -0.489 e. The summed E-state index contributed by atoms with van der Waals surface area (Å²) in [7, 11) is 0. The van der Waals surface area contributed by atoms with E-state index in [1.54, 1.807) is 0 Å². The van der Waals surface area contributed by atoms with Gasteiger partial charge in [-0.25, -0.2) is 9.97 Å². The SMILES string of the molecule is C=Cc1c(/C=C\C)nc(-n2c3c(c4c5ccccc5ccc42)COc2ccccc2C/C=C\3c2ccc(-n3c4ccccc4c4ccccc43)cc2)nc1-c1ccccc1. The molecule has 5 heteroatoms. The van der Waals surface area contributed by atoms with Gasteiger partial charge < -0.3 is 9.30 Å². The van der Waals surface area contributed by atoms with Gasteiger partial charge in [-0.15, -0.1) is 0 Å². The molecule has 286 valence electrons. The number of ether oxygens (including phenoxy) is 1. The van der Waals surface area contributed by atoms with Gasteiger partial charge in [0.05, 0.1) is 33.6 Å². The van der Waals surface area contributed by atoms with Gasteiger partial charge in [0, 0.05) is 44.1 Å². The Kier molecular flexibility index (Phi) is 8.59. The molecule has 0 fully saturated rings. The van der Waals surface area contributed by atoms with Crippen molar-refractivity contribution in [3.8, 4) is 28.6 Å². The Bertz CT molecular complexity index is 3310. The summed E-state index contributed by atoms with van der Waals surface area (Å²) in [4.78, 5) is 10.8. The molecule has 0 spiro atoms. The normalized spacial score (nSPS) is 13.7. The third-order valence-corrected chi connectivity index (χ3v) is 11.8. The third kappa shape index (κ3) is 5.70. The molecule has 3 aromatic heterocycles. The Morgan fingerprint density at radius 3 is 2.05 bits per heavy atom. The Morgan fingerprint density at radius 1 is 0.617 bits per heavy atom. The second kappa shape index (κ2) is 14.6. The van der Waals surface area contributed by atoms with E-state index in [-0.39, 0.29) is 0 Å². The molecule has 0 aliphatic carbocycles. The molecule has 11 rings (SSSR count).